The molecule has 0 saturated heterocycles. The summed E-state index contributed by atoms with van der Waals surface area (Å²) in [5.41, 5.74) is -0.509. The Morgan fingerprint density at radius 2 is 2.00 bits per heavy atom. The Labute approximate surface area is 180 Å². The maximum absolute atomic E-state index is 13.0. The zero-order chi connectivity index (χ0) is 22.3. The molecule has 2 aromatic rings. The first kappa shape index (κ1) is 22.4. The van der Waals surface area contributed by atoms with Crippen LogP contribution in [0.1, 0.15) is 52.6 Å². The number of amides is 1. The lowest BCUT2D eigenvalue weighted by Crippen LogP contribution is -2.41. The number of rotatable bonds is 5. The van der Waals surface area contributed by atoms with E-state index in [1.807, 2.05) is 13.8 Å². The Kier molecular flexibility index (Phi) is 5.82. The fraction of sp³-hybridized carbons (Fsp3) is 0.526. The quantitative estimate of drug-likeness (QED) is 0.666. The minimum absolute atomic E-state index is 0.132. The summed E-state index contributed by atoms with van der Waals surface area (Å²) in [4.78, 5) is 12.1. The Balaban J connectivity index is 1.85. The van der Waals surface area contributed by atoms with Crippen molar-refractivity contribution in [1.82, 2.24) is 14.9 Å². The lowest BCUT2D eigenvalue weighted by molar-refractivity contribution is -0.123. The molecule has 30 heavy (non-hydrogen) atoms. The highest BCUT2D eigenvalue weighted by Crippen LogP contribution is 2.42. The summed E-state index contributed by atoms with van der Waals surface area (Å²) in [5, 5.41) is 10.3. The molecule has 1 amide bonds. The van der Waals surface area contributed by atoms with E-state index in [4.69, 9.17) is 9.47 Å². The van der Waals surface area contributed by atoms with E-state index in [9.17, 15) is 13.2 Å². The summed E-state index contributed by atoms with van der Waals surface area (Å²) in [6.07, 6.45) is 0.429. The molecule has 3 rings (SSSR count). The van der Waals surface area contributed by atoms with Gasteiger partial charge < -0.3 is 14.8 Å². The predicted octanol–water partition coefficient (Wildman–Crippen LogP) is 3.11. The third-order valence-electron chi connectivity index (χ3n) is 4.51. The van der Waals surface area contributed by atoms with Crippen molar-refractivity contribution in [1.29, 1.82) is 0 Å². The highest BCUT2D eigenvalue weighted by atomic mass is 32.2. The summed E-state index contributed by atoms with van der Waals surface area (Å²) in [5.74, 6) is 0.912. The maximum Gasteiger partial charge on any atom is 0.270 e. The number of ether oxygens (including phenoxy) is 2. The van der Waals surface area contributed by atoms with Crippen LogP contribution in [-0.2, 0) is 14.8 Å². The molecule has 164 valence electrons. The largest absolute Gasteiger partial charge is 0.497 e. The number of fused-ring (bicyclic) bond motifs is 1. The summed E-state index contributed by atoms with van der Waals surface area (Å²) in [7, 11) is -2.41. The predicted molar refractivity (Wildman–Crippen MR) is 113 cm³/mol. The highest BCUT2D eigenvalue weighted by Gasteiger charge is 2.37. The Morgan fingerprint density at radius 1 is 1.30 bits per heavy atom. The van der Waals surface area contributed by atoms with E-state index in [-0.39, 0.29) is 15.4 Å². The molecule has 9 nitrogen and oxygen atoms in total. The third-order valence-corrected chi connectivity index (χ3v) is 7.19. The number of anilines is 1. The van der Waals surface area contributed by atoms with E-state index in [0.717, 1.165) is 11.3 Å². The van der Waals surface area contributed by atoms with Gasteiger partial charge in [-0.25, -0.2) is 13.1 Å². The van der Waals surface area contributed by atoms with Gasteiger partial charge in [-0.1, -0.05) is 38.2 Å². The number of carbonyl (C=O) groups is 1. The summed E-state index contributed by atoms with van der Waals surface area (Å²) in [6.45, 7) is 9.04. The van der Waals surface area contributed by atoms with Crippen molar-refractivity contribution in [2.24, 2.45) is 5.41 Å². The first-order valence-electron chi connectivity index (χ1n) is 9.35. The van der Waals surface area contributed by atoms with Crippen molar-refractivity contribution in [3.63, 3.8) is 0 Å². The fourth-order valence-electron chi connectivity index (χ4n) is 2.96. The van der Waals surface area contributed by atoms with Crippen molar-refractivity contribution < 1.29 is 22.7 Å². The lowest BCUT2D eigenvalue weighted by Gasteiger charge is -2.37. The maximum atomic E-state index is 13.0. The molecule has 0 radical (unpaired) electrons. The first-order chi connectivity index (χ1) is 13.8. The van der Waals surface area contributed by atoms with Gasteiger partial charge in [0.25, 0.3) is 10.0 Å². The highest BCUT2D eigenvalue weighted by molar-refractivity contribution is 7.91. The van der Waals surface area contributed by atoms with Crippen LogP contribution in [-0.4, -0.2) is 37.2 Å². The van der Waals surface area contributed by atoms with Crippen molar-refractivity contribution >= 4 is 32.4 Å². The van der Waals surface area contributed by atoms with Gasteiger partial charge in [-0.15, -0.1) is 10.2 Å². The third kappa shape index (κ3) is 4.90. The summed E-state index contributed by atoms with van der Waals surface area (Å²) in [6, 6.07) is 4.76. The number of carbonyl (C=O) groups excluding carboxylic acids is 1. The van der Waals surface area contributed by atoms with Gasteiger partial charge in [-0.3, -0.25) is 4.79 Å². The normalized spacial score (nSPS) is 18.3. The summed E-state index contributed by atoms with van der Waals surface area (Å²) < 4.78 is 39.7. The number of sulfonamides is 1. The van der Waals surface area contributed by atoms with Gasteiger partial charge in [0, 0.05) is 23.5 Å². The van der Waals surface area contributed by atoms with Gasteiger partial charge in [0.2, 0.25) is 15.4 Å². The summed E-state index contributed by atoms with van der Waals surface area (Å²) >= 11 is 0.804. The van der Waals surface area contributed by atoms with Crippen molar-refractivity contribution in [3.05, 3.63) is 23.8 Å². The monoisotopic (exact) mass is 454 g/mol. The molecule has 1 aliphatic rings. The molecule has 0 bridgehead atoms. The molecule has 1 aromatic carbocycles. The molecule has 1 unspecified atom stereocenters. The molecular weight excluding hydrogens is 428 g/mol. The minimum Gasteiger partial charge on any atom is -0.497 e. The van der Waals surface area contributed by atoms with Gasteiger partial charge in [-0.05, 0) is 19.9 Å². The molecule has 1 aliphatic heterocycles. The van der Waals surface area contributed by atoms with E-state index >= 15 is 0 Å². The number of methoxy groups -OCH3 is 1. The van der Waals surface area contributed by atoms with Crippen molar-refractivity contribution in [3.8, 4) is 11.5 Å². The second kappa shape index (κ2) is 7.78. The fourth-order valence-corrected chi connectivity index (χ4v) is 5.08. The smallest absolute Gasteiger partial charge is 0.270 e. The molecule has 2 N–H and O–H groups in total. The van der Waals surface area contributed by atoms with E-state index < -0.39 is 27.1 Å². The van der Waals surface area contributed by atoms with Crippen LogP contribution < -0.4 is 19.5 Å². The number of hydrogen-bond acceptors (Lipinski definition) is 8. The van der Waals surface area contributed by atoms with E-state index in [1.165, 1.54) is 0 Å². The Morgan fingerprint density at radius 3 is 2.63 bits per heavy atom. The van der Waals surface area contributed by atoms with Crippen LogP contribution in [0.25, 0.3) is 0 Å². The molecule has 1 aromatic heterocycles. The van der Waals surface area contributed by atoms with Crippen LogP contribution in [0.15, 0.2) is 22.5 Å². The Hall–Kier alpha value is -2.24. The van der Waals surface area contributed by atoms with Crippen LogP contribution in [0.3, 0.4) is 0 Å². The van der Waals surface area contributed by atoms with Gasteiger partial charge in [0.15, 0.2) is 0 Å². The van der Waals surface area contributed by atoms with Gasteiger partial charge in [0.05, 0.1) is 13.2 Å². The van der Waals surface area contributed by atoms with Gasteiger partial charge in [0.1, 0.15) is 17.1 Å². The van der Waals surface area contributed by atoms with Gasteiger partial charge in [-0.2, -0.15) is 0 Å². The second-order valence-corrected chi connectivity index (χ2v) is 11.6. The molecule has 0 fully saturated rings. The molecule has 11 heteroatoms. The SMILES string of the molecule is COc1ccc2c(c1)OC(C)(C)CC2NS(=O)(=O)c1nnc(NC(=O)C(C)(C)C)s1. The van der Waals surface area contributed by atoms with E-state index in [0.29, 0.717) is 23.5 Å². The molecule has 2 heterocycles. The molecule has 0 saturated carbocycles. The van der Waals surface area contributed by atoms with Crippen LogP contribution in [0.4, 0.5) is 5.13 Å². The minimum atomic E-state index is -3.96. The average Bonchev–Trinajstić information content (AvgIpc) is 3.08. The lowest BCUT2D eigenvalue weighted by atomic mass is 9.90. The number of hydrogen-bond donors (Lipinski definition) is 2. The van der Waals surface area contributed by atoms with E-state index in [2.05, 4.69) is 20.2 Å². The number of nitrogens with zero attached hydrogens (tertiary/aromatic N) is 2. The average molecular weight is 455 g/mol. The number of aromatic nitrogens is 2. The number of benzene rings is 1. The van der Waals surface area contributed by atoms with Gasteiger partial charge >= 0.3 is 0 Å². The van der Waals surface area contributed by atoms with Crippen LogP contribution >= 0.6 is 11.3 Å². The Bertz CT molecular complexity index is 1060. The second-order valence-electron chi connectivity index (χ2n) is 8.72. The standard InChI is InChI=1S/C19H26N4O5S2/c1-18(2,3)15(24)20-16-21-22-17(29-16)30(25,26)23-13-10-19(4,5)28-14-9-11(27-6)7-8-12(13)14/h7-9,13,23H,10H2,1-6H3,(H,20,21,24). The topological polar surface area (TPSA) is 120 Å². The molecule has 0 spiro atoms. The van der Waals surface area contributed by atoms with Crippen LogP contribution in [0.5, 0.6) is 11.5 Å². The zero-order valence-electron chi connectivity index (χ0n) is 17.8. The molecular formula is C19H26N4O5S2. The number of nitrogens with one attached hydrogen (secondary N) is 2. The van der Waals surface area contributed by atoms with Crippen molar-refractivity contribution in [2.45, 2.75) is 57.0 Å². The van der Waals surface area contributed by atoms with E-state index in [1.54, 1.807) is 46.1 Å². The first-order valence-corrected chi connectivity index (χ1v) is 11.6. The van der Waals surface area contributed by atoms with Crippen LogP contribution in [0.2, 0.25) is 0 Å². The van der Waals surface area contributed by atoms with Crippen LogP contribution in [0, 0.1) is 5.41 Å². The zero-order valence-corrected chi connectivity index (χ0v) is 19.4. The van der Waals surface area contributed by atoms with Crippen molar-refractivity contribution in [2.75, 3.05) is 12.4 Å². The molecule has 1 atom stereocenters. The molecule has 0 aliphatic carbocycles.